The molecule has 1 aliphatic heterocycles. The number of nitrogens with zero attached hydrogens (tertiary/aromatic N) is 1. The van der Waals surface area contributed by atoms with Crippen LogP contribution in [0.3, 0.4) is 0 Å². The SMILES string of the molecule is COC(=O)C1CN(C(C)C(=O)NC2CC2)CC1C. The second-order valence-corrected chi connectivity index (χ2v) is 5.52. The Morgan fingerprint density at radius 1 is 1.33 bits per heavy atom. The van der Waals surface area contributed by atoms with Crippen molar-refractivity contribution in [3.05, 3.63) is 0 Å². The Kier molecular flexibility index (Phi) is 3.90. The summed E-state index contributed by atoms with van der Waals surface area (Å²) in [5.41, 5.74) is 0. The highest BCUT2D eigenvalue weighted by molar-refractivity contribution is 5.82. The number of ether oxygens (including phenoxy) is 1. The second kappa shape index (κ2) is 5.26. The molecule has 18 heavy (non-hydrogen) atoms. The zero-order valence-electron chi connectivity index (χ0n) is 11.3. The third-order valence-electron chi connectivity index (χ3n) is 4.00. The van der Waals surface area contributed by atoms with E-state index in [-0.39, 0.29) is 29.8 Å². The van der Waals surface area contributed by atoms with Gasteiger partial charge in [0.05, 0.1) is 19.1 Å². The third kappa shape index (κ3) is 2.83. The molecule has 2 fully saturated rings. The summed E-state index contributed by atoms with van der Waals surface area (Å²) in [7, 11) is 1.42. The molecule has 1 heterocycles. The first-order valence-corrected chi connectivity index (χ1v) is 6.65. The maximum atomic E-state index is 12.0. The molecule has 1 saturated carbocycles. The summed E-state index contributed by atoms with van der Waals surface area (Å²) in [4.78, 5) is 25.6. The van der Waals surface area contributed by atoms with E-state index in [0.29, 0.717) is 12.6 Å². The summed E-state index contributed by atoms with van der Waals surface area (Å²) >= 11 is 0. The van der Waals surface area contributed by atoms with Crippen LogP contribution in [0.2, 0.25) is 0 Å². The molecule has 2 aliphatic rings. The highest BCUT2D eigenvalue weighted by Crippen LogP contribution is 2.26. The molecule has 3 unspecified atom stereocenters. The van der Waals surface area contributed by atoms with Crippen molar-refractivity contribution in [3.8, 4) is 0 Å². The van der Waals surface area contributed by atoms with Gasteiger partial charge in [-0.1, -0.05) is 6.92 Å². The lowest BCUT2D eigenvalue weighted by Crippen LogP contribution is -2.45. The number of likely N-dealkylation sites (tertiary alicyclic amines) is 1. The van der Waals surface area contributed by atoms with E-state index in [1.54, 1.807) is 0 Å². The van der Waals surface area contributed by atoms with E-state index in [0.717, 1.165) is 19.4 Å². The van der Waals surface area contributed by atoms with Crippen LogP contribution in [0.5, 0.6) is 0 Å². The summed E-state index contributed by atoms with van der Waals surface area (Å²) in [6.45, 7) is 5.34. The van der Waals surface area contributed by atoms with E-state index >= 15 is 0 Å². The molecule has 0 spiro atoms. The minimum Gasteiger partial charge on any atom is -0.469 e. The topological polar surface area (TPSA) is 58.6 Å². The summed E-state index contributed by atoms with van der Waals surface area (Å²) in [5, 5.41) is 3.01. The monoisotopic (exact) mass is 254 g/mol. The van der Waals surface area contributed by atoms with Crippen molar-refractivity contribution in [2.75, 3.05) is 20.2 Å². The fraction of sp³-hybridized carbons (Fsp3) is 0.846. The zero-order valence-corrected chi connectivity index (χ0v) is 11.3. The van der Waals surface area contributed by atoms with Crippen molar-refractivity contribution >= 4 is 11.9 Å². The molecule has 1 saturated heterocycles. The van der Waals surface area contributed by atoms with Crippen molar-refractivity contribution in [2.24, 2.45) is 11.8 Å². The van der Waals surface area contributed by atoms with Crippen molar-refractivity contribution < 1.29 is 14.3 Å². The Morgan fingerprint density at radius 2 is 2.00 bits per heavy atom. The fourth-order valence-corrected chi connectivity index (χ4v) is 2.49. The largest absolute Gasteiger partial charge is 0.469 e. The van der Waals surface area contributed by atoms with Gasteiger partial charge in [-0.25, -0.2) is 0 Å². The van der Waals surface area contributed by atoms with E-state index in [1.807, 2.05) is 13.8 Å². The molecular weight excluding hydrogens is 232 g/mol. The lowest BCUT2D eigenvalue weighted by molar-refractivity contribution is -0.146. The number of carbonyl (C=O) groups excluding carboxylic acids is 2. The molecule has 0 aromatic carbocycles. The van der Waals surface area contributed by atoms with Crippen LogP contribution in [0, 0.1) is 11.8 Å². The number of rotatable bonds is 4. The van der Waals surface area contributed by atoms with E-state index in [1.165, 1.54) is 7.11 Å². The Hall–Kier alpha value is -1.10. The average Bonchev–Trinajstić information content (AvgIpc) is 3.08. The molecule has 0 aromatic rings. The number of methoxy groups -OCH3 is 1. The van der Waals surface area contributed by atoms with Crippen LogP contribution in [0.15, 0.2) is 0 Å². The Morgan fingerprint density at radius 3 is 2.56 bits per heavy atom. The highest BCUT2D eigenvalue weighted by atomic mass is 16.5. The third-order valence-corrected chi connectivity index (χ3v) is 4.00. The number of carbonyl (C=O) groups is 2. The first kappa shape index (κ1) is 13.3. The van der Waals surface area contributed by atoms with Gasteiger partial charge in [-0.2, -0.15) is 0 Å². The molecule has 0 radical (unpaired) electrons. The number of hydrogen-bond donors (Lipinski definition) is 1. The number of esters is 1. The van der Waals surface area contributed by atoms with Gasteiger partial charge in [0.25, 0.3) is 0 Å². The molecule has 1 aliphatic carbocycles. The van der Waals surface area contributed by atoms with Gasteiger partial charge in [-0.05, 0) is 25.7 Å². The van der Waals surface area contributed by atoms with Crippen molar-refractivity contribution in [1.29, 1.82) is 0 Å². The first-order chi connectivity index (χ1) is 8.52. The molecule has 0 aromatic heterocycles. The van der Waals surface area contributed by atoms with Crippen LogP contribution in [0.4, 0.5) is 0 Å². The lowest BCUT2D eigenvalue weighted by Gasteiger charge is -2.23. The van der Waals surface area contributed by atoms with Crippen LogP contribution in [0.1, 0.15) is 26.7 Å². The average molecular weight is 254 g/mol. The Bertz CT molecular complexity index is 341. The normalized spacial score (nSPS) is 29.9. The predicted octanol–water partition coefficient (Wildman–Crippen LogP) is 0.394. The second-order valence-electron chi connectivity index (χ2n) is 5.52. The van der Waals surface area contributed by atoms with Crippen LogP contribution in [0.25, 0.3) is 0 Å². The fourth-order valence-electron chi connectivity index (χ4n) is 2.49. The summed E-state index contributed by atoms with van der Waals surface area (Å²) in [6, 6.07) is 0.221. The highest BCUT2D eigenvalue weighted by Gasteiger charge is 2.39. The molecule has 0 bridgehead atoms. The Balaban J connectivity index is 1.89. The van der Waals surface area contributed by atoms with E-state index < -0.39 is 0 Å². The summed E-state index contributed by atoms with van der Waals surface area (Å²) < 4.78 is 4.80. The smallest absolute Gasteiger partial charge is 0.310 e. The van der Waals surface area contributed by atoms with Gasteiger partial charge in [0.1, 0.15) is 0 Å². The van der Waals surface area contributed by atoms with Gasteiger partial charge >= 0.3 is 5.97 Å². The summed E-state index contributed by atoms with van der Waals surface area (Å²) in [5.74, 6) is 0.0508. The minimum atomic E-state index is -0.167. The van der Waals surface area contributed by atoms with Crippen molar-refractivity contribution in [3.63, 3.8) is 0 Å². The molecule has 1 amide bonds. The summed E-state index contributed by atoms with van der Waals surface area (Å²) in [6.07, 6.45) is 2.19. The van der Waals surface area contributed by atoms with Crippen LogP contribution < -0.4 is 5.32 Å². The van der Waals surface area contributed by atoms with Crippen LogP contribution in [-0.2, 0) is 14.3 Å². The minimum absolute atomic E-state index is 0.0789. The molecule has 102 valence electrons. The number of nitrogens with one attached hydrogen (secondary N) is 1. The maximum Gasteiger partial charge on any atom is 0.310 e. The van der Waals surface area contributed by atoms with Gasteiger partial charge in [-0.3, -0.25) is 14.5 Å². The van der Waals surface area contributed by atoms with Gasteiger partial charge in [-0.15, -0.1) is 0 Å². The van der Waals surface area contributed by atoms with Gasteiger partial charge < -0.3 is 10.1 Å². The van der Waals surface area contributed by atoms with Gasteiger partial charge in [0.15, 0.2) is 0 Å². The van der Waals surface area contributed by atoms with Crippen molar-refractivity contribution in [2.45, 2.75) is 38.8 Å². The molecule has 2 rings (SSSR count). The maximum absolute atomic E-state index is 12.0. The Labute approximate surface area is 108 Å². The molecule has 3 atom stereocenters. The van der Waals surface area contributed by atoms with Crippen LogP contribution >= 0.6 is 0 Å². The van der Waals surface area contributed by atoms with Crippen LogP contribution in [-0.4, -0.2) is 49.1 Å². The predicted molar refractivity (Wildman–Crippen MR) is 66.9 cm³/mol. The number of hydrogen-bond acceptors (Lipinski definition) is 4. The molecule has 5 heteroatoms. The van der Waals surface area contributed by atoms with E-state index in [4.69, 9.17) is 4.74 Å². The van der Waals surface area contributed by atoms with Gasteiger partial charge in [0, 0.05) is 19.1 Å². The molecule has 1 N–H and O–H groups in total. The molecular formula is C13H22N2O3. The van der Waals surface area contributed by atoms with Crippen molar-refractivity contribution in [1.82, 2.24) is 10.2 Å². The molecule has 5 nitrogen and oxygen atoms in total. The van der Waals surface area contributed by atoms with E-state index in [9.17, 15) is 9.59 Å². The zero-order chi connectivity index (χ0) is 13.3. The quantitative estimate of drug-likeness (QED) is 0.738. The first-order valence-electron chi connectivity index (χ1n) is 6.65. The van der Waals surface area contributed by atoms with Gasteiger partial charge in [0.2, 0.25) is 5.91 Å². The lowest BCUT2D eigenvalue weighted by atomic mass is 9.99. The van der Waals surface area contributed by atoms with E-state index in [2.05, 4.69) is 10.2 Å². The number of amides is 1. The standard InChI is InChI=1S/C13H22N2O3/c1-8-6-15(7-11(8)13(17)18-3)9(2)12(16)14-10-4-5-10/h8-11H,4-7H2,1-3H3,(H,14,16).